The van der Waals surface area contributed by atoms with Crippen molar-refractivity contribution in [2.24, 2.45) is 0 Å². The Morgan fingerprint density at radius 1 is 1.12 bits per heavy atom. The Hall–Kier alpha value is -3.17. The van der Waals surface area contributed by atoms with E-state index in [1.807, 2.05) is 13.0 Å². The number of hydrogen-bond donors (Lipinski definition) is 2. The van der Waals surface area contributed by atoms with Crippen LogP contribution in [-0.4, -0.2) is 46.0 Å². The minimum atomic E-state index is -0.455. The van der Waals surface area contributed by atoms with Gasteiger partial charge in [-0.15, -0.1) is 11.3 Å². The number of nitrogens with zero attached hydrogens (tertiary/aromatic N) is 4. The van der Waals surface area contributed by atoms with E-state index in [0.29, 0.717) is 44.6 Å². The number of piperazine rings is 1. The Balaban J connectivity index is 1.50. The maximum Gasteiger partial charge on any atom is 0.257 e. The molecular weight excluding hydrogens is 427 g/mol. The van der Waals surface area contributed by atoms with Gasteiger partial charge < -0.3 is 15.5 Å². The number of aryl methyl sites for hydroxylation is 1. The average Bonchev–Trinajstić information content (AvgIpc) is 3.13. The van der Waals surface area contributed by atoms with Crippen LogP contribution in [0.4, 0.5) is 15.8 Å². The van der Waals surface area contributed by atoms with Crippen LogP contribution in [0.1, 0.15) is 29.2 Å². The second-order valence-corrected chi connectivity index (χ2v) is 9.49. The highest BCUT2D eigenvalue weighted by molar-refractivity contribution is 7.18. The van der Waals surface area contributed by atoms with Crippen LogP contribution in [0.25, 0.3) is 21.3 Å². The molecule has 1 aliphatic heterocycles. The lowest BCUT2D eigenvalue weighted by Crippen LogP contribution is -2.54. The van der Waals surface area contributed by atoms with Crippen LogP contribution in [0.5, 0.6) is 0 Å². The number of hydrogen-bond acceptors (Lipinski definition) is 7. The summed E-state index contributed by atoms with van der Waals surface area (Å²) in [5.41, 5.74) is 3.27. The molecule has 5 rings (SSSR count). The first-order valence-electron chi connectivity index (χ1n) is 10.5. The Labute approximate surface area is 188 Å². The lowest BCUT2D eigenvalue weighted by atomic mass is 10.1. The van der Waals surface area contributed by atoms with Gasteiger partial charge in [0.15, 0.2) is 5.82 Å². The fourth-order valence-corrected chi connectivity index (χ4v) is 5.26. The Bertz CT molecular complexity index is 1330. The molecular formula is C23H23FN6OS. The van der Waals surface area contributed by atoms with Crippen LogP contribution in [0.3, 0.4) is 0 Å². The molecule has 1 fully saturated rings. The van der Waals surface area contributed by atoms with Crippen molar-refractivity contribution in [3.8, 4) is 0 Å². The maximum atomic E-state index is 14.4. The molecule has 1 aliphatic rings. The zero-order valence-electron chi connectivity index (χ0n) is 18.0. The minimum Gasteiger partial charge on any atom is -0.367 e. The number of anilines is 2. The van der Waals surface area contributed by atoms with E-state index < -0.39 is 5.82 Å². The van der Waals surface area contributed by atoms with Gasteiger partial charge in [0.05, 0.1) is 21.0 Å². The van der Waals surface area contributed by atoms with Gasteiger partial charge in [0.25, 0.3) is 5.91 Å². The highest BCUT2D eigenvalue weighted by Gasteiger charge is 2.24. The molecule has 0 saturated carbocycles. The van der Waals surface area contributed by atoms with E-state index in [2.05, 4.69) is 44.3 Å². The smallest absolute Gasteiger partial charge is 0.257 e. The molecule has 2 atom stereocenters. The van der Waals surface area contributed by atoms with Crippen molar-refractivity contribution in [3.63, 3.8) is 0 Å². The van der Waals surface area contributed by atoms with Crippen LogP contribution < -0.4 is 15.5 Å². The summed E-state index contributed by atoms with van der Waals surface area (Å²) in [6.07, 6.45) is 3.22. The molecule has 1 amide bonds. The quantitative estimate of drug-likeness (QED) is 0.489. The molecule has 0 aliphatic carbocycles. The summed E-state index contributed by atoms with van der Waals surface area (Å²) in [7, 11) is 0. The number of carbonyl (C=O) groups is 1. The molecule has 7 nitrogen and oxygen atoms in total. The van der Waals surface area contributed by atoms with Crippen molar-refractivity contribution >= 4 is 49.9 Å². The van der Waals surface area contributed by atoms with Gasteiger partial charge in [0.2, 0.25) is 0 Å². The maximum absolute atomic E-state index is 14.4. The zero-order valence-corrected chi connectivity index (χ0v) is 18.8. The number of thiazole rings is 1. The first kappa shape index (κ1) is 20.7. The van der Waals surface area contributed by atoms with Crippen molar-refractivity contribution in [2.75, 3.05) is 23.3 Å². The van der Waals surface area contributed by atoms with Crippen LogP contribution in [-0.2, 0) is 0 Å². The summed E-state index contributed by atoms with van der Waals surface area (Å²) < 4.78 is 15.1. The van der Waals surface area contributed by atoms with E-state index in [4.69, 9.17) is 0 Å². The van der Waals surface area contributed by atoms with Crippen LogP contribution >= 0.6 is 11.3 Å². The van der Waals surface area contributed by atoms with Gasteiger partial charge in [-0.2, -0.15) is 0 Å². The van der Waals surface area contributed by atoms with Crippen molar-refractivity contribution in [1.82, 2.24) is 20.3 Å². The third-order valence-electron chi connectivity index (χ3n) is 5.56. The highest BCUT2D eigenvalue weighted by Crippen LogP contribution is 2.30. The predicted molar refractivity (Wildman–Crippen MR) is 126 cm³/mol. The molecule has 1 saturated heterocycles. The van der Waals surface area contributed by atoms with Crippen molar-refractivity contribution in [1.29, 1.82) is 0 Å². The predicted octanol–water partition coefficient (Wildman–Crippen LogP) is 4.13. The summed E-state index contributed by atoms with van der Waals surface area (Å²) in [5.74, 6) is -0.812. The molecule has 2 aromatic carbocycles. The molecule has 32 heavy (non-hydrogen) atoms. The summed E-state index contributed by atoms with van der Waals surface area (Å²) >= 11 is 1.39. The number of rotatable bonds is 3. The zero-order chi connectivity index (χ0) is 22.4. The minimum absolute atomic E-state index is 0.325. The van der Waals surface area contributed by atoms with Gasteiger partial charge in [0.1, 0.15) is 16.6 Å². The standard InChI is InChI=1S/C23H23FN6OS/c1-12-10-30(11-13(2)27-12)18-5-4-16(20-22(18)26-7-6-25-20)23(31)29-15-8-17(24)21-19(9-15)32-14(3)28-21/h4-9,12-13,27H,10-11H2,1-3H3,(H,29,31). The molecule has 9 heteroatoms. The Morgan fingerprint density at radius 2 is 1.84 bits per heavy atom. The van der Waals surface area contributed by atoms with E-state index >= 15 is 0 Å². The van der Waals surface area contributed by atoms with Crippen molar-refractivity contribution in [3.05, 3.63) is 53.0 Å². The summed E-state index contributed by atoms with van der Waals surface area (Å²) in [6.45, 7) is 7.82. The Morgan fingerprint density at radius 3 is 2.59 bits per heavy atom. The molecule has 2 unspecified atom stereocenters. The molecule has 0 bridgehead atoms. The SMILES string of the molecule is Cc1nc2c(F)cc(NC(=O)c3ccc(N4CC(C)NC(C)C4)c4nccnc34)cc2s1. The molecule has 0 spiro atoms. The molecule has 164 valence electrons. The van der Waals surface area contributed by atoms with Gasteiger partial charge in [-0.25, -0.2) is 9.37 Å². The normalized spacial score (nSPS) is 18.9. The van der Waals surface area contributed by atoms with E-state index in [1.54, 1.807) is 24.5 Å². The van der Waals surface area contributed by atoms with E-state index in [0.717, 1.165) is 23.8 Å². The monoisotopic (exact) mass is 450 g/mol. The van der Waals surface area contributed by atoms with Crippen LogP contribution in [0, 0.1) is 12.7 Å². The summed E-state index contributed by atoms with van der Waals surface area (Å²) in [6, 6.07) is 7.41. The van der Waals surface area contributed by atoms with Gasteiger partial charge in [0, 0.05) is 43.3 Å². The lowest BCUT2D eigenvalue weighted by molar-refractivity contribution is 0.102. The van der Waals surface area contributed by atoms with E-state index in [-0.39, 0.29) is 5.91 Å². The second-order valence-electron chi connectivity index (χ2n) is 8.25. The second kappa shape index (κ2) is 8.07. The average molecular weight is 451 g/mol. The van der Waals surface area contributed by atoms with Gasteiger partial charge in [-0.1, -0.05) is 0 Å². The van der Waals surface area contributed by atoms with Crippen LogP contribution in [0.15, 0.2) is 36.7 Å². The summed E-state index contributed by atoms with van der Waals surface area (Å²) in [4.78, 5) is 28.6. The van der Waals surface area contributed by atoms with Crippen molar-refractivity contribution in [2.45, 2.75) is 32.9 Å². The van der Waals surface area contributed by atoms with Gasteiger partial charge in [-0.05, 0) is 45.0 Å². The van der Waals surface area contributed by atoms with E-state index in [9.17, 15) is 9.18 Å². The topological polar surface area (TPSA) is 83.0 Å². The number of aromatic nitrogens is 3. The molecule has 2 aromatic heterocycles. The van der Waals surface area contributed by atoms with E-state index in [1.165, 1.54) is 17.4 Å². The molecule has 3 heterocycles. The fraction of sp³-hybridized carbons (Fsp3) is 0.304. The number of benzene rings is 2. The van der Waals surface area contributed by atoms with Gasteiger partial charge in [-0.3, -0.25) is 14.8 Å². The first-order valence-corrected chi connectivity index (χ1v) is 11.3. The number of halogens is 1. The third-order valence-corrected chi connectivity index (χ3v) is 6.48. The fourth-order valence-electron chi connectivity index (χ4n) is 4.37. The molecule has 2 N–H and O–H groups in total. The van der Waals surface area contributed by atoms with Crippen LogP contribution in [0.2, 0.25) is 0 Å². The summed E-state index contributed by atoms with van der Waals surface area (Å²) in [5, 5.41) is 7.11. The number of carbonyl (C=O) groups excluding carboxylic acids is 1. The number of amides is 1. The largest absolute Gasteiger partial charge is 0.367 e. The molecule has 4 aromatic rings. The highest BCUT2D eigenvalue weighted by atomic mass is 32.1. The van der Waals surface area contributed by atoms with Gasteiger partial charge >= 0.3 is 0 Å². The lowest BCUT2D eigenvalue weighted by Gasteiger charge is -2.38. The number of fused-ring (bicyclic) bond motifs is 2. The number of nitrogens with one attached hydrogen (secondary N) is 2. The molecule has 0 radical (unpaired) electrons. The first-order chi connectivity index (χ1) is 15.4. The van der Waals surface area contributed by atoms with Crippen molar-refractivity contribution < 1.29 is 9.18 Å². The third kappa shape index (κ3) is 3.78. The Kier molecular flexibility index (Phi) is 5.22.